The summed E-state index contributed by atoms with van der Waals surface area (Å²) in [6, 6.07) is 7.72. The summed E-state index contributed by atoms with van der Waals surface area (Å²) in [5.74, 6) is 0.136. The zero-order chi connectivity index (χ0) is 13.9. The van der Waals surface area contributed by atoms with E-state index in [0.717, 1.165) is 37.0 Å². The Morgan fingerprint density at radius 1 is 1.15 bits per heavy atom. The number of carbonyl (C=O) groups is 1. The third-order valence-electron chi connectivity index (χ3n) is 3.86. The molecule has 0 bridgehead atoms. The number of fused-ring (bicyclic) bond motifs is 1. The fourth-order valence-corrected chi connectivity index (χ4v) is 2.99. The van der Waals surface area contributed by atoms with Gasteiger partial charge in [-0.05, 0) is 36.6 Å². The maximum absolute atomic E-state index is 12.4. The zero-order valence-electron chi connectivity index (χ0n) is 11.4. The first-order valence-electron chi connectivity index (χ1n) is 7.14. The molecule has 0 spiro atoms. The minimum Gasteiger partial charge on any atom is -0.341 e. The maximum atomic E-state index is 12.4. The van der Waals surface area contributed by atoms with Gasteiger partial charge in [0, 0.05) is 13.1 Å². The Morgan fingerprint density at radius 2 is 1.85 bits per heavy atom. The molecule has 0 N–H and O–H groups in total. The molecule has 1 aromatic heterocycles. The first-order chi connectivity index (χ1) is 9.75. The zero-order valence-corrected chi connectivity index (χ0v) is 12.1. The van der Waals surface area contributed by atoms with Gasteiger partial charge in [-0.25, -0.2) is 4.98 Å². The van der Waals surface area contributed by atoms with E-state index in [4.69, 9.17) is 11.6 Å². The highest BCUT2D eigenvalue weighted by Gasteiger charge is 2.18. The molecule has 3 rings (SSSR count). The topological polar surface area (TPSA) is 38.1 Å². The summed E-state index contributed by atoms with van der Waals surface area (Å²) in [4.78, 5) is 18.7. The quantitative estimate of drug-likeness (QED) is 0.853. The van der Waals surface area contributed by atoms with Gasteiger partial charge < -0.3 is 9.47 Å². The van der Waals surface area contributed by atoms with Crippen LogP contribution in [0.4, 0.5) is 0 Å². The minimum absolute atomic E-state index is 0.136. The molecule has 2 heterocycles. The predicted octanol–water partition coefficient (Wildman–Crippen LogP) is 3.09. The van der Waals surface area contributed by atoms with E-state index in [1.54, 1.807) is 4.57 Å². The van der Waals surface area contributed by atoms with Crippen molar-refractivity contribution in [3.05, 3.63) is 29.5 Å². The minimum atomic E-state index is 0.136. The Kier molecular flexibility index (Phi) is 3.92. The molecule has 1 fully saturated rings. The Hall–Kier alpha value is -1.55. The van der Waals surface area contributed by atoms with Crippen LogP contribution in [0.5, 0.6) is 0 Å². The van der Waals surface area contributed by atoms with E-state index in [9.17, 15) is 4.79 Å². The highest BCUT2D eigenvalue weighted by Crippen LogP contribution is 2.20. The van der Waals surface area contributed by atoms with Crippen LogP contribution in [-0.2, 0) is 11.3 Å². The lowest BCUT2D eigenvalue weighted by Crippen LogP contribution is -2.34. The number of carbonyl (C=O) groups excluding carboxylic acids is 1. The summed E-state index contributed by atoms with van der Waals surface area (Å²) in [6.07, 6.45) is 4.64. The third kappa shape index (κ3) is 2.66. The summed E-state index contributed by atoms with van der Waals surface area (Å²) >= 11 is 6.16. The Bertz CT molecular complexity index is 615. The van der Waals surface area contributed by atoms with Crippen LogP contribution in [0.3, 0.4) is 0 Å². The number of halogens is 1. The van der Waals surface area contributed by atoms with Crippen molar-refractivity contribution in [1.82, 2.24) is 14.5 Å². The predicted molar refractivity (Wildman–Crippen MR) is 79.8 cm³/mol. The number of rotatable bonds is 2. The standard InChI is InChI=1S/C15H18ClN3O/c16-15-17-12-7-3-4-8-13(12)19(15)11-14(20)18-9-5-1-2-6-10-18/h3-4,7-8H,1-2,5-6,9-11H2. The maximum Gasteiger partial charge on any atom is 0.242 e. The van der Waals surface area contributed by atoms with E-state index in [1.165, 1.54) is 12.8 Å². The Balaban J connectivity index is 1.81. The van der Waals surface area contributed by atoms with Gasteiger partial charge in [-0.2, -0.15) is 0 Å². The molecule has 106 valence electrons. The van der Waals surface area contributed by atoms with Gasteiger partial charge in [0.1, 0.15) is 6.54 Å². The molecule has 5 heteroatoms. The van der Waals surface area contributed by atoms with Crippen molar-refractivity contribution in [3.8, 4) is 0 Å². The molecule has 20 heavy (non-hydrogen) atoms. The number of aromatic nitrogens is 2. The van der Waals surface area contributed by atoms with E-state index in [-0.39, 0.29) is 12.5 Å². The summed E-state index contributed by atoms with van der Waals surface area (Å²) in [7, 11) is 0. The number of amides is 1. The van der Waals surface area contributed by atoms with Gasteiger partial charge in [-0.3, -0.25) is 4.79 Å². The average molecular weight is 292 g/mol. The number of hydrogen-bond acceptors (Lipinski definition) is 2. The van der Waals surface area contributed by atoms with E-state index in [2.05, 4.69) is 4.98 Å². The smallest absolute Gasteiger partial charge is 0.242 e. The number of likely N-dealkylation sites (tertiary alicyclic amines) is 1. The van der Waals surface area contributed by atoms with E-state index in [0.29, 0.717) is 5.28 Å². The molecule has 1 amide bonds. The van der Waals surface area contributed by atoms with Gasteiger partial charge in [0.05, 0.1) is 11.0 Å². The summed E-state index contributed by atoms with van der Waals surface area (Å²) < 4.78 is 1.80. The van der Waals surface area contributed by atoms with Crippen LogP contribution in [0, 0.1) is 0 Å². The fourth-order valence-electron chi connectivity index (χ4n) is 2.75. The van der Waals surface area contributed by atoms with Crippen LogP contribution in [-0.4, -0.2) is 33.4 Å². The summed E-state index contributed by atoms with van der Waals surface area (Å²) in [5.41, 5.74) is 1.75. The van der Waals surface area contributed by atoms with Crippen LogP contribution in [0.2, 0.25) is 5.28 Å². The second-order valence-corrected chi connectivity index (χ2v) is 5.59. The number of hydrogen-bond donors (Lipinski definition) is 0. The lowest BCUT2D eigenvalue weighted by Gasteiger charge is -2.20. The molecule has 1 aromatic carbocycles. The monoisotopic (exact) mass is 291 g/mol. The highest BCUT2D eigenvalue weighted by molar-refractivity contribution is 6.29. The van der Waals surface area contributed by atoms with E-state index < -0.39 is 0 Å². The number of imidazole rings is 1. The van der Waals surface area contributed by atoms with Crippen molar-refractivity contribution in [3.63, 3.8) is 0 Å². The van der Waals surface area contributed by atoms with Crippen molar-refractivity contribution in [2.45, 2.75) is 32.2 Å². The van der Waals surface area contributed by atoms with Crippen molar-refractivity contribution in [2.75, 3.05) is 13.1 Å². The third-order valence-corrected chi connectivity index (χ3v) is 4.15. The molecular weight excluding hydrogens is 274 g/mol. The normalized spacial score (nSPS) is 16.4. The van der Waals surface area contributed by atoms with Crippen LogP contribution in [0.25, 0.3) is 11.0 Å². The Labute approximate surface area is 123 Å². The van der Waals surface area contributed by atoms with Gasteiger partial charge in [-0.1, -0.05) is 25.0 Å². The molecular formula is C15H18ClN3O. The number of benzene rings is 1. The second-order valence-electron chi connectivity index (χ2n) is 5.25. The molecule has 0 atom stereocenters. The molecule has 1 aliphatic heterocycles. The van der Waals surface area contributed by atoms with Crippen LogP contribution in [0.1, 0.15) is 25.7 Å². The molecule has 1 saturated heterocycles. The molecule has 0 radical (unpaired) electrons. The van der Waals surface area contributed by atoms with Crippen molar-refractivity contribution in [2.24, 2.45) is 0 Å². The first-order valence-corrected chi connectivity index (χ1v) is 7.52. The molecule has 0 aliphatic carbocycles. The van der Waals surface area contributed by atoms with Gasteiger partial charge >= 0.3 is 0 Å². The van der Waals surface area contributed by atoms with Crippen LogP contribution >= 0.6 is 11.6 Å². The molecule has 1 aliphatic rings. The van der Waals surface area contributed by atoms with Gasteiger partial charge in [-0.15, -0.1) is 0 Å². The van der Waals surface area contributed by atoms with Gasteiger partial charge in [0.2, 0.25) is 11.2 Å². The van der Waals surface area contributed by atoms with Crippen molar-refractivity contribution in [1.29, 1.82) is 0 Å². The van der Waals surface area contributed by atoms with E-state index in [1.807, 2.05) is 29.2 Å². The van der Waals surface area contributed by atoms with Crippen molar-refractivity contribution < 1.29 is 4.79 Å². The van der Waals surface area contributed by atoms with Crippen LogP contribution in [0.15, 0.2) is 24.3 Å². The SMILES string of the molecule is O=C(Cn1c(Cl)nc2ccccc21)N1CCCCCC1. The fraction of sp³-hybridized carbons (Fsp3) is 0.467. The average Bonchev–Trinajstić information content (AvgIpc) is 2.66. The lowest BCUT2D eigenvalue weighted by molar-refractivity contribution is -0.131. The van der Waals surface area contributed by atoms with Gasteiger partial charge in [0.25, 0.3) is 0 Å². The van der Waals surface area contributed by atoms with Gasteiger partial charge in [0.15, 0.2) is 0 Å². The molecule has 0 saturated carbocycles. The van der Waals surface area contributed by atoms with Crippen LogP contribution < -0.4 is 0 Å². The molecule has 0 unspecified atom stereocenters. The second kappa shape index (κ2) is 5.83. The summed E-state index contributed by atoms with van der Waals surface area (Å²) in [5, 5.41) is 0.384. The summed E-state index contributed by atoms with van der Waals surface area (Å²) in [6.45, 7) is 2.01. The lowest BCUT2D eigenvalue weighted by atomic mass is 10.2. The largest absolute Gasteiger partial charge is 0.341 e. The van der Waals surface area contributed by atoms with Crippen molar-refractivity contribution >= 4 is 28.5 Å². The molecule has 4 nitrogen and oxygen atoms in total. The molecule has 2 aromatic rings. The Morgan fingerprint density at radius 3 is 2.60 bits per heavy atom. The first kappa shape index (κ1) is 13.4. The highest BCUT2D eigenvalue weighted by atomic mass is 35.5. The number of para-hydroxylation sites is 2. The number of nitrogens with zero attached hydrogens (tertiary/aromatic N) is 3. The van der Waals surface area contributed by atoms with E-state index >= 15 is 0 Å².